The highest BCUT2D eigenvalue weighted by Gasteiger charge is 2.36. The Morgan fingerprint density at radius 3 is 2.18 bits per heavy atom. The molecule has 4 nitrogen and oxygen atoms in total. The van der Waals surface area contributed by atoms with E-state index >= 15 is 0 Å². The van der Waals surface area contributed by atoms with Crippen LogP contribution in [0.4, 0.5) is 0 Å². The molecular formula is C7H12O4. The Hall–Kier alpha value is -0.610. The van der Waals surface area contributed by atoms with Crippen LogP contribution < -0.4 is 0 Å². The summed E-state index contributed by atoms with van der Waals surface area (Å²) in [7, 11) is 1.30. The first kappa shape index (κ1) is 8.49. The van der Waals surface area contributed by atoms with Crippen molar-refractivity contribution in [2.75, 3.05) is 7.11 Å². The average Bonchev–Trinajstić information content (AvgIpc) is 2.31. The molecule has 0 aliphatic heterocycles. The van der Waals surface area contributed by atoms with Gasteiger partial charge in [-0.05, 0) is 12.8 Å². The van der Waals surface area contributed by atoms with Crippen molar-refractivity contribution in [3.8, 4) is 0 Å². The van der Waals surface area contributed by atoms with E-state index in [9.17, 15) is 4.79 Å². The number of aliphatic hydroxyl groups excluding tert-OH is 2. The molecule has 0 aromatic rings. The van der Waals surface area contributed by atoms with Crippen molar-refractivity contribution in [3.05, 3.63) is 0 Å². The van der Waals surface area contributed by atoms with Gasteiger partial charge in [-0.1, -0.05) is 0 Å². The second kappa shape index (κ2) is 3.19. The topological polar surface area (TPSA) is 66.8 Å². The van der Waals surface area contributed by atoms with Crippen molar-refractivity contribution in [1.29, 1.82) is 0 Å². The van der Waals surface area contributed by atoms with E-state index in [1.807, 2.05) is 0 Å². The third kappa shape index (κ3) is 1.70. The molecule has 0 bridgehead atoms. The second-order valence-electron chi connectivity index (χ2n) is 2.83. The van der Waals surface area contributed by atoms with Crippen molar-refractivity contribution in [1.82, 2.24) is 0 Å². The number of carbonyl (C=O) groups excluding carboxylic acids is 1. The molecule has 0 spiro atoms. The van der Waals surface area contributed by atoms with Gasteiger partial charge < -0.3 is 14.9 Å². The van der Waals surface area contributed by atoms with Gasteiger partial charge in [0.2, 0.25) is 0 Å². The smallest absolute Gasteiger partial charge is 0.308 e. The Morgan fingerprint density at radius 2 is 1.82 bits per heavy atom. The first-order valence-electron chi connectivity index (χ1n) is 3.59. The van der Waals surface area contributed by atoms with E-state index in [4.69, 9.17) is 10.2 Å². The maximum Gasteiger partial charge on any atom is 0.308 e. The fraction of sp³-hybridized carbons (Fsp3) is 0.857. The van der Waals surface area contributed by atoms with Gasteiger partial charge in [0.05, 0.1) is 25.2 Å². The summed E-state index contributed by atoms with van der Waals surface area (Å²) in [6, 6.07) is 0. The minimum absolute atomic E-state index is 0.313. The summed E-state index contributed by atoms with van der Waals surface area (Å²) in [4.78, 5) is 10.9. The van der Waals surface area contributed by atoms with Gasteiger partial charge in [-0.15, -0.1) is 0 Å². The molecule has 1 fully saturated rings. The zero-order valence-corrected chi connectivity index (χ0v) is 6.36. The minimum Gasteiger partial charge on any atom is -0.469 e. The first-order valence-corrected chi connectivity index (χ1v) is 3.59. The molecule has 1 rings (SSSR count). The van der Waals surface area contributed by atoms with Crippen molar-refractivity contribution in [2.45, 2.75) is 25.0 Å². The van der Waals surface area contributed by atoms with Gasteiger partial charge >= 0.3 is 5.97 Å². The molecule has 2 atom stereocenters. The Morgan fingerprint density at radius 1 is 1.36 bits per heavy atom. The normalized spacial score (nSPS) is 32.3. The molecule has 4 heteroatoms. The molecule has 1 aliphatic rings. The van der Waals surface area contributed by atoms with Gasteiger partial charge in [-0.2, -0.15) is 0 Å². The fourth-order valence-electron chi connectivity index (χ4n) is 1.35. The zero-order chi connectivity index (χ0) is 8.43. The predicted octanol–water partition coefficient (Wildman–Crippen LogP) is -0.709. The van der Waals surface area contributed by atoms with E-state index in [1.54, 1.807) is 0 Å². The maximum absolute atomic E-state index is 10.9. The first-order chi connectivity index (χ1) is 5.15. The van der Waals surface area contributed by atoms with E-state index in [0.29, 0.717) is 12.8 Å². The van der Waals surface area contributed by atoms with E-state index in [-0.39, 0.29) is 11.9 Å². The Bertz CT molecular complexity index is 147. The summed E-state index contributed by atoms with van der Waals surface area (Å²) >= 11 is 0. The van der Waals surface area contributed by atoms with E-state index in [2.05, 4.69) is 4.74 Å². The van der Waals surface area contributed by atoms with E-state index in [1.165, 1.54) is 7.11 Å². The van der Waals surface area contributed by atoms with Gasteiger partial charge in [0.15, 0.2) is 0 Å². The summed E-state index contributed by atoms with van der Waals surface area (Å²) in [6.07, 6.45) is -0.903. The van der Waals surface area contributed by atoms with Crippen LogP contribution in [-0.2, 0) is 9.53 Å². The predicted molar refractivity (Wildman–Crippen MR) is 36.8 cm³/mol. The minimum atomic E-state index is -0.765. The Kier molecular flexibility index (Phi) is 2.46. The molecule has 0 aromatic carbocycles. The molecular weight excluding hydrogens is 148 g/mol. The summed E-state index contributed by atoms with van der Waals surface area (Å²) < 4.78 is 4.47. The molecule has 0 aromatic heterocycles. The van der Waals surface area contributed by atoms with Gasteiger partial charge in [-0.3, -0.25) is 4.79 Å². The molecule has 0 radical (unpaired) electrons. The number of methoxy groups -OCH3 is 1. The lowest BCUT2D eigenvalue weighted by Crippen LogP contribution is -2.17. The summed E-state index contributed by atoms with van der Waals surface area (Å²) in [6.45, 7) is 0. The van der Waals surface area contributed by atoms with Crippen molar-refractivity contribution < 1.29 is 19.7 Å². The quantitative estimate of drug-likeness (QED) is 0.497. The standard InChI is InChI=1S/C7H12O4/c1-11-7(10)4-2-5(8)6(9)3-4/h4-6,8-9H,2-3H2,1H3/t5-,6-/m0/s1. The number of ether oxygens (including phenoxy) is 1. The van der Waals surface area contributed by atoms with Gasteiger partial charge in [-0.25, -0.2) is 0 Å². The van der Waals surface area contributed by atoms with Crippen LogP contribution in [0.15, 0.2) is 0 Å². The zero-order valence-electron chi connectivity index (χ0n) is 6.36. The van der Waals surface area contributed by atoms with Crippen LogP contribution in [-0.4, -0.2) is 35.5 Å². The van der Waals surface area contributed by atoms with Crippen LogP contribution in [0, 0.1) is 5.92 Å². The van der Waals surface area contributed by atoms with Crippen LogP contribution in [0.5, 0.6) is 0 Å². The largest absolute Gasteiger partial charge is 0.469 e. The van der Waals surface area contributed by atoms with Crippen molar-refractivity contribution >= 4 is 5.97 Å². The highest BCUT2D eigenvalue weighted by molar-refractivity contribution is 5.72. The third-order valence-electron chi connectivity index (χ3n) is 2.03. The molecule has 1 aliphatic carbocycles. The van der Waals surface area contributed by atoms with Crippen LogP contribution >= 0.6 is 0 Å². The van der Waals surface area contributed by atoms with Crippen LogP contribution in [0.2, 0.25) is 0 Å². The summed E-state index contributed by atoms with van der Waals surface area (Å²) in [5.41, 5.74) is 0. The van der Waals surface area contributed by atoms with Crippen LogP contribution in [0.25, 0.3) is 0 Å². The number of esters is 1. The lowest BCUT2D eigenvalue weighted by atomic mass is 10.1. The average molecular weight is 160 g/mol. The monoisotopic (exact) mass is 160 g/mol. The van der Waals surface area contributed by atoms with Gasteiger partial charge in [0, 0.05) is 0 Å². The highest BCUT2D eigenvalue weighted by Crippen LogP contribution is 2.26. The summed E-state index contributed by atoms with van der Waals surface area (Å²) in [5.74, 6) is -0.675. The van der Waals surface area contributed by atoms with Crippen LogP contribution in [0.1, 0.15) is 12.8 Å². The fourth-order valence-corrected chi connectivity index (χ4v) is 1.35. The Balaban J connectivity index is 2.46. The molecule has 0 heterocycles. The third-order valence-corrected chi connectivity index (χ3v) is 2.03. The number of rotatable bonds is 1. The maximum atomic E-state index is 10.9. The number of carbonyl (C=O) groups is 1. The number of aliphatic hydroxyl groups is 2. The van der Waals surface area contributed by atoms with Crippen molar-refractivity contribution in [3.63, 3.8) is 0 Å². The Labute approximate surface area is 64.8 Å². The van der Waals surface area contributed by atoms with E-state index in [0.717, 1.165) is 0 Å². The molecule has 0 saturated heterocycles. The lowest BCUT2D eigenvalue weighted by molar-refractivity contribution is -0.145. The number of hydrogen-bond donors (Lipinski definition) is 2. The highest BCUT2D eigenvalue weighted by atomic mass is 16.5. The summed E-state index contributed by atoms with van der Waals surface area (Å²) in [5, 5.41) is 18.1. The van der Waals surface area contributed by atoms with E-state index < -0.39 is 12.2 Å². The SMILES string of the molecule is COC(=O)C1C[C@H](O)[C@@H](O)C1. The molecule has 2 N–H and O–H groups in total. The molecule has 11 heavy (non-hydrogen) atoms. The molecule has 64 valence electrons. The van der Waals surface area contributed by atoms with Gasteiger partial charge in [0.1, 0.15) is 0 Å². The molecule has 0 unspecified atom stereocenters. The lowest BCUT2D eigenvalue weighted by Gasteiger charge is -2.04. The van der Waals surface area contributed by atoms with Crippen molar-refractivity contribution in [2.24, 2.45) is 5.92 Å². The molecule has 0 amide bonds. The molecule has 1 saturated carbocycles. The van der Waals surface area contributed by atoms with Gasteiger partial charge in [0.25, 0.3) is 0 Å². The number of hydrogen-bond acceptors (Lipinski definition) is 4. The van der Waals surface area contributed by atoms with Crippen LogP contribution in [0.3, 0.4) is 0 Å². The second-order valence-corrected chi connectivity index (χ2v) is 2.83.